The van der Waals surface area contributed by atoms with Crippen molar-refractivity contribution in [2.24, 2.45) is 0 Å². The fourth-order valence-corrected chi connectivity index (χ4v) is 5.53. The zero-order valence-electron chi connectivity index (χ0n) is 17.9. The smallest absolute Gasteiger partial charge is 0.348 e. The van der Waals surface area contributed by atoms with E-state index < -0.39 is 22.1 Å². The Hall–Kier alpha value is -2.91. The molecule has 1 amide bonds. The third-order valence-corrected chi connectivity index (χ3v) is 7.71. The van der Waals surface area contributed by atoms with E-state index in [9.17, 15) is 18.0 Å². The van der Waals surface area contributed by atoms with Crippen molar-refractivity contribution >= 4 is 27.6 Å². The first-order valence-corrected chi connectivity index (χ1v) is 12.1. The second-order valence-electron chi connectivity index (χ2n) is 7.86. The number of methoxy groups -OCH3 is 1. The number of anilines is 1. The summed E-state index contributed by atoms with van der Waals surface area (Å²) < 4.78 is 37.3. The molecule has 2 heterocycles. The summed E-state index contributed by atoms with van der Waals surface area (Å²) in [5.74, 6) is -0.227. The van der Waals surface area contributed by atoms with E-state index in [0.29, 0.717) is 30.9 Å². The van der Waals surface area contributed by atoms with Crippen LogP contribution in [-0.2, 0) is 30.8 Å². The van der Waals surface area contributed by atoms with Crippen LogP contribution >= 0.6 is 0 Å². The highest BCUT2D eigenvalue weighted by molar-refractivity contribution is 7.89. The minimum atomic E-state index is -3.45. The van der Waals surface area contributed by atoms with Crippen LogP contribution < -0.4 is 9.64 Å². The Bertz CT molecular complexity index is 1090. The van der Waals surface area contributed by atoms with E-state index in [1.165, 1.54) is 11.4 Å². The van der Waals surface area contributed by atoms with Gasteiger partial charge >= 0.3 is 5.97 Å². The predicted molar refractivity (Wildman–Crippen MR) is 118 cm³/mol. The number of aryl methyl sites for hydroxylation is 1. The number of amides is 1. The molecule has 2 aromatic rings. The SMILES string of the molecule is COC(=O)[C@H]1CN(C(=O)CCc2ccc(S(=O)(=O)N3CCCC3)cc2)c2ccccc2O1. The lowest BCUT2D eigenvalue weighted by atomic mass is 10.1. The van der Waals surface area contributed by atoms with Crippen molar-refractivity contribution in [3.05, 3.63) is 54.1 Å². The van der Waals surface area contributed by atoms with E-state index in [-0.39, 0.29) is 23.8 Å². The first-order chi connectivity index (χ1) is 15.4. The molecule has 32 heavy (non-hydrogen) atoms. The number of fused-ring (bicyclic) bond motifs is 1. The van der Waals surface area contributed by atoms with E-state index in [0.717, 1.165) is 18.4 Å². The number of carbonyl (C=O) groups excluding carboxylic acids is 2. The Morgan fingerprint density at radius 1 is 1.06 bits per heavy atom. The fraction of sp³-hybridized carbons (Fsp3) is 0.391. The maximum Gasteiger partial charge on any atom is 0.348 e. The number of esters is 1. The normalized spacial score (nSPS) is 18.7. The molecule has 1 fully saturated rings. The average Bonchev–Trinajstić information content (AvgIpc) is 3.37. The highest BCUT2D eigenvalue weighted by Crippen LogP contribution is 2.34. The topological polar surface area (TPSA) is 93.2 Å². The van der Waals surface area contributed by atoms with E-state index in [4.69, 9.17) is 9.47 Å². The molecule has 0 aliphatic carbocycles. The number of sulfonamides is 1. The molecular weight excluding hydrogens is 432 g/mol. The van der Waals surface area contributed by atoms with Gasteiger partial charge in [-0.05, 0) is 49.1 Å². The summed E-state index contributed by atoms with van der Waals surface area (Å²) in [4.78, 5) is 26.8. The molecular formula is C23H26N2O6S. The molecule has 0 unspecified atom stereocenters. The lowest BCUT2D eigenvalue weighted by molar-refractivity contribution is -0.148. The van der Waals surface area contributed by atoms with Gasteiger partial charge in [0.2, 0.25) is 22.0 Å². The zero-order chi connectivity index (χ0) is 22.7. The Labute approximate surface area is 187 Å². The van der Waals surface area contributed by atoms with Crippen LogP contribution in [-0.4, -0.2) is 57.4 Å². The van der Waals surface area contributed by atoms with Crippen LogP contribution in [0.5, 0.6) is 5.75 Å². The van der Waals surface area contributed by atoms with Crippen LogP contribution in [0.4, 0.5) is 5.69 Å². The number of rotatable bonds is 6. The van der Waals surface area contributed by atoms with Crippen molar-refractivity contribution in [1.29, 1.82) is 0 Å². The summed E-state index contributed by atoms with van der Waals surface area (Å²) in [7, 11) is -2.17. The van der Waals surface area contributed by atoms with E-state index in [1.807, 2.05) is 0 Å². The molecule has 4 rings (SSSR count). The van der Waals surface area contributed by atoms with Gasteiger partial charge in [-0.2, -0.15) is 4.31 Å². The van der Waals surface area contributed by atoms with Crippen molar-refractivity contribution in [2.75, 3.05) is 31.6 Å². The molecule has 170 valence electrons. The quantitative estimate of drug-likeness (QED) is 0.617. The summed E-state index contributed by atoms with van der Waals surface area (Å²) in [6, 6.07) is 13.8. The molecule has 2 aliphatic rings. The number of carbonyl (C=O) groups is 2. The van der Waals surface area contributed by atoms with Gasteiger partial charge in [0.05, 0.1) is 24.2 Å². The van der Waals surface area contributed by atoms with Gasteiger partial charge in [0.25, 0.3) is 0 Å². The van der Waals surface area contributed by atoms with Crippen molar-refractivity contribution in [1.82, 2.24) is 4.31 Å². The maximum atomic E-state index is 13.0. The molecule has 1 saturated heterocycles. The zero-order valence-corrected chi connectivity index (χ0v) is 18.7. The summed E-state index contributed by atoms with van der Waals surface area (Å²) in [6.07, 6.45) is 1.56. The number of hydrogen-bond acceptors (Lipinski definition) is 6. The Kier molecular flexibility index (Phi) is 6.48. The van der Waals surface area contributed by atoms with Gasteiger partial charge in [-0.1, -0.05) is 24.3 Å². The van der Waals surface area contributed by atoms with Crippen molar-refractivity contribution in [2.45, 2.75) is 36.7 Å². The minimum absolute atomic E-state index is 0.0789. The Morgan fingerprint density at radius 3 is 2.44 bits per heavy atom. The van der Waals surface area contributed by atoms with Gasteiger partial charge in [0.1, 0.15) is 5.75 Å². The summed E-state index contributed by atoms with van der Waals surface area (Å²) in [5, 5.41) is 0. The number of para-hydroxylation sites is 2. The molecule has 2 aromatic carbocycles. The monoisotopic (exact) mass is 458 g/mol. The Morgan fingerprint density at radius 2 is 1.75 bits per heavy atom. The first kappa shape index (κ1) is 22.3. The third kappa shape index (κ3) is 4.49. The van der Waals surface area contributed by atoms with Crippen LogP contribution in [0.2, 0.25) is 0 Å². The number of ether oxygens (including phenoxy) is 2. The summed E-state index contributed by atoms with van der Waals surface area (Å²) in [6.45, 7) is 1.20. The second-order valence-corrected chi connectivity index (χ2v) is 9.79. The molecule has 8 nitrogen and oxygen atoms in total. The van der Waals surface area contributed by atoms with Crippen molar-refractivity contribution < 1.29 is 27.5 Å². The maximum absolute atomic E-state index is 13.0. The van der Waals surface area contributed by atoms with Gasteiger partial charge < -0.3 is 14.4 Å². The van der Waals surface area contributed by atoms with Gasteiger partial charge in [0.15, 0.2) is 0 Å². The summed E-state index contributed by atoms with van der Waals surface area (Å²) >= 11 is 0. The largest absolute Gasteiger partial charge is 0.475 e. The highest BCUT2D eigenvalue weighted by atomic mass is 32.2. The van der Waals surface area contributed by atoms with E-state index in [1.54, 1.807) is 53.4 Å². The molecule has 2 aliphatic heterocycles. The molecule has 0 saturated carbocycles. The first-order valence-electron chi connectivity index (χ1n) is 10.6. The van der Waals surface area contributed by atoms with Gasteiger partial charge in [-0.25, -0.2) is 13.2 Å². The summed E-state index contributed by atoms with van der Waals surface area (Å²) in [5.41, 5.74) is 1.48. The van der Waals surface area contributed by atoms with Crippen LogP contribution in [0.3, 0.4) is 0 Å². The van der Waals surface area contributed by atoms with E-state index in [2.05, 4.69) is 0 Å². The van der Waals surface area contributed by atoms with E-state index >= 15 is 0 Å². The number of benzene rings is 2. The van der Waals surface area contributed by atoms with Crippen LogP contribution in [0, 0.1) is 0 Å². The van der Waals surface area contributed by atoms with Gasteiger partial charge in [0, 0.05) is 19.5 Å². The molecule has 0 radical (unpaired) electrons. The van der Waals surface area contributed by atoms with Crippen LogP contribution in [0.15, 0.2) is 53.4 Å². The van der Waals surface area contributed by atoms with Gasteiger partial charge in [-0.15, -0.1) is 0 Å². The molecule has 9 heteroatoms. The minimum Gasteiger partial charge on any atom is -0.475 e. The predicted octanol–water partition coefficient (Wildman–Crippen LogP) is 2.37. The third-order valence-electron chi connectivity index (χ3n) is 5.79. The molecule has 0 spiro atoms. The van der Waals surface area contributed by atoms with Crippen LogP contribution in [0.25, 0.3) is 0 Å². The lowest BCUT2D eigenvalue weighted by Crippen LogP contribution is -2.47. The molecule has 0 N–H and O–H groups in total. The second kappa shape index (κ2) is 9.30. The highest BCUT2D eigenvalue weighted by Gasteiger charge is 2.34. The molecule has 0 aromatic heterocycles. The number of nitrogens with zero attached hydrogens (tertiary/aromatic N) is 2. The fourth-order valence-electron chi connectivity index (χ4n) is 4.02. The molecule has 1 atom stereocenters. The lowest BCUT2D eigenvalue weighted by Gasteiger charge is -2.33. The van der Waals surface area contributed by atoms with Crippen molar-refractivity contribution in [3.8, 4) is 5.75 Å². The van der Waals surface area contributed by atoms with Crippen LogP contribution in [0.1, 0.15) is 24.8 Å². The molecule has 0 bridgehead atoms. The number of hydrogen-bond donors (Lipinski definition) is 0. The standard InChI is InChI=1S/C23H26N2O6S/c1-30-23(27)21-16-25(19-6-2-3-7-20(19)31-21)22(26)13-10-17-8-11-18(12-9-17)32(28,29)24-14-4-5-15-24/h2-3,6-9,11-12,21H,4-5,10,13-16H2,1H3/t21-/m1/s1. The van der Waals surface area contributed by atoms with Crippen molar-refractivity contribution in [3.63, 3.8) is 0 Å². The average molecular weight is 459 g/mol. The Balaban J connectivity index is 1.43. The van der Waals surface area contributed by atoms with Gasteiger partial charge in [-0.3, -0.25) is 4.79 Å².